The van der Waals surface area contributed by atoms with Crippen LogP contribution in [0, 0.1) is 0 Å². The molecule has 0 N–H and O–H groups in total. The van der Waals surface area contributed by atoms with Gasteiger partial charge in [-0.05, 0) is 0 Å². The van der Waals surface area contributed by atoms with Gasteiger partial charge in [0.1, 0.15) is 0 Å². The van der Waals surface area contributed by atoms with E-state index in [4.69, 9.17) is 0 Å². The van der Waals surface area contributed by atoms with E-state index in [0.717, 1.165) is 0 Å². The summed E-state index contributed by atoms with van der Waals surface area (Å²) in [5.41, 5.74) is 3.20. The third-order valence-electron chi connectivity index (χ3n) is 2.15. The summed E-state index contributed by atoms with van der Waals surface area (Å²) in [7, 11) is 0. The number of rotatable bonds is 0. The summed E-state index contributed by atoms with van der Waals surface area (Å²) >= 11 is 0. The minimum Gasteiger partial charge on any atom is -1.00 e. The predicted octanol–water partition coefficient (Wildman–Crippen LogP) is -3.71. The summed E-state index contributed by atoms with van der Waals surface area (Å²) in [6.45, 7) is 0. The standard InChI is InChI=1S/C9H11.2BrH.Hf/c1-2-5-9-7-3-6-8(9)4-1;;;/h3,6-7H,1-2,4-5H2;2*1H;/q-1;;;/p-2. The van der Waals surface area contributed by atoms with Crippen molar-refractivity contribution in [1.82, 2.24) is 0 Å². The molecule has 0 bridgehead atoms. The molecule has 0 amide bonds. The first-order chi connectivity index (χ1) is 4.47. The van der Waals surface area contributed by atoms with Crippen molar-refractivity contribution in [3.8, 4) is 0 Å². The number of fused-ring (bicyclic) bond motifs is 1. The maximum Gasteiger partial charge on any atom is 0 e. The molecule has 0 fully saturated rings. The van der Waals surface area contributed by atoms with E-state index in [0.29, 0.717) is 0 Å². The Kier molecular flexibility index (Phi) is 9.87. The van der Waals surface area contributed by atoms with Crippen molar-refractivity contribution in [2.24, 2.45) is 0 Å². The average Bonchev–Trinajstić information content (AvgIpc) is 2.33. The molecule has 0 radical (unpaired) electrons. The molecule has 68 valence electrons. The Bertz CT molecular complexity index is 188. The minimum atomic E-state index is 0. The van der Waals surface area contributed by atoms with E-state index in [1.54, 1.807) is 11.1 Å². The second-order valence-corrected chi connectivity index (χ2v) is 2.78. The molecule has 0 unspecified atom stereocenters. The molecule has 1 aromatic rings. The maximum absolute atomic E-state index is 2.26. The van der Waals surface area contributed by atoms with Gasteiger partial charge in [-0.2, -0.15) is 23.3 Å². The van der Waals surface area contributed by atoms with Crippen molar-refractivity contribution in [3.63, 3.8) is 0 Å². The van der Waals surface area contributed by atoms with Crippen LogP contribution in [0.4, 0.5) is 0 Å². The van der Waals surface area contributed by atoms with Gasteiger partial charge in [-0.1, -0.05) is 25.7 Å². The molecule has 12 heavy (non-hydrogen) atoms. The Hall–Kier alpha value is 1.18. The van der Waals surface area contributed by atoms with Crippen molar-refractivity contribution in [2.45, 2.75) is 25.7 Å². The number of hydrogen-bond acceptors (Lipinski definition) is 0. The zero-order valence-corrected chi connectivity index (χ0v) is 13.6. The number of aryl methyl sites for hydroxylation is 2. The Balaban J connectivity index is 0. The molecule has 2 rings (SSSR count). The van der Waals surface area contributed by atoms with Gasteiger partial charge in [0, 0.05) is 25.8 Å². The molecule has 3 heteroatoms. The smallest absolute Gasteiger partial charge is 0 e. The molecule has 0 saturated heterocycles. The van der Waals surface area contributed by atoms with Crippen molar-refractivity contribution in [3.05, 3.63) is 29.3 Å². The summed E-state index contributed by atoms with van der Waals surface area (Å²) in [5, 5.41) is 0. The Morgan fingerprint density at radius 1 is 1.08 bits per heavy atom. The van der Waals surface area contributed by atoms with Crippen LogP contribution in [0.25, 0.3) is 0 Å². The average molecular weight is 457 g/mol. The molecule has 0 atom stereocenters. The third-order valence-corrected chi connectivity index (χ3v) is 2.15. The summed E-state index contributed by atoms with van der Waals surface area (Å²) in [6, 6.07) is 6.69. The van der Waals surface area contributed by atoms with Crippen molar-refractivity contribution in [1.29, 1.82) is 0 Å². The largest absolute Gasteiger partial charge is 1.00 e. The van der Waals surface area contributed by atoms with E-state index < -0.39 is 0 Å². The fourth-order valence-corrected chi connectivity index (χ4v) is 1.61. The molecular formula is C9H11Br2Hf-3. The van der Waals surface area contributed by atoms with Crippen LogP contribution >= 0.6 is 0 Å². The SMILES string of the molecule is [Br-].[Br-].[Hf].c1cc2c([cH-]1)CCCC2. The second kappa shape index (κ2) is 7.57. The predicted molar refractivity (Wildman–Crippen MR) is 38.7 cm³/mol. The number of hydrogen-bond donors (Lipinski definition) is 0. The molecule has 0 saturated carbocycles. The zero-order chi connectivity index (χ0) is 6.10. The zero-order valence-electron chi connectivity index (χ0n) is 6.82. The van der Waals surface area contributed by atoms with Crippen LogP contribution in [0.3, 0.4) is 0 Å². The van der Waals surface area contributed by atoms with Gasteiger partial charge in [-0.15, -0.1) is 0 Å². The van der Waals surface area contributed by atoms with Gasteiger partial charge in [0.2, 0.25) is 0 Å². The number of halogens is 2. The molecule has 1 aliphatic carbocycles. The van der Waals surface area contributed by atoms with Crippen LogP contribution in [0.15, 0.2) is 18.2 Å². The van der Waals surface area contributed by atoms with Crippen LogP contribution in [0.1, 0.15) is 24.0 Å². The summed E-state index contributed by atoms with van der Waals surface area (Å²) in [4.78, 5) is 0. The fourth-order valence-electron chi connectivity index (χ4n) is 1.61. The summed E-state index contributed by atoms with van der Waals surface area (Å²) in [5.74, 6) is 0. The van der Waals surface area contributed by atoms with E-state index in [9.17, 15) is 0 Å². The molecule has 0 spiro atoms. The Labute approximate surface area is 114 Å². The Morgan fingerprint density at radius 3 is 2.42 bits per heavy atom. The minimum absolute atomic E-state index is 0. The van der Waals surface area contributed by atoms with Gasteiger partial charge in [-0.3, -0.25) is 0 Å². The Morgan fingerprint density at radius 2 is 1.75 bits per heavy atom. The van der Waals surface area contributed by atoms with Crippen LogP contribution in [0.5, 0.6) is 0 Å². The normalized spacial score (nSPS) is 13.0. The quantitative estimate of drug-likeness (QED) is 0.278. The van der Waals surface area contributed by atoms with Crippen LogP contribution in [0.2, 0.25) is 0 Å². The first-order valence-corrected chi connectivity index (χ1v) is 3.70. The van der Waals surface area contributed by atoms with Gasteiger partial charge in [0.15, 0.2) is 0 Å². The van der Waals surface area contributed by atoms with E-state index >= 15 is 0 Å². The van der Waals surface area contributed by atoms with Crippen molar-refractivity contribution < 1.29 is 59.8 Å². The molecule has 0 nitrogen and oxygen atoms in total. The van der Waals surface area contributed by atoms with E-state index in [-0.39, 0.29) is 59.8 Å². The van der Waals surface area contributed by atoms with Crippen LogP contribution in [-0.2, 0) is 38.7 Å². The molecule has 1 aliphatic rings. The van der Waals surface area contributed by atoms with Gasteiger partial charge in [0.05, 0.1) is 0 Å². The van der Waals surface area contributed by atoms with Gasteiger partial charge >= 0.3 is 0 Å². The molecule has 1 aromatic carbocycles. The topological polar surface area (TPSA) is 0 Å². The van der Waals surface area contributed by atoms with Crippen molar-refractivity contribution in [2.75, 3.05) is 0 Å². The van der Waals surface area contributed by atoms with E-state index in [2.05, 4.69) is 18.2 Å². The van der Waals surface area contributed by atoms with E-state index in [1.165, 1.54) is 25.7 Å². The van der Waals surface area contributed by atoms with Gasteiger partial charge in [-0.25, -0.2) is 6.07 Å². The monoisotopic (exact) mass is 457 g/mol. The van der Waals surface area contributed by atoms with Crippen LogP contribution < -0.4 is 34.0 Å². The van der Waals surface area contributed by atoms with E-state index in [1.807, 2.05) is 0 Å². The molecule has 0 aromatic heterocycles. The second-order valence-electron chi connectivity index (χ2n) is 2.78. The van der Waals surface area contributed by atoms with Gasteiger partial charge < -0.3 is 34.0 Å². The fraction of sp³-hybridized carbons (Fsp3) is 0.444. The van der Waals surface area contributed by atoms with Crippen molar-refractivity contribution >= 4 is 0 Å². The molecule has 0 aliphatic heterocycles. The first-order valence-electron chi connectivity index (χ1n) is 3.70. The molecule has 0 heterocycles. The third kappa shape index (κ3) is 3.51. The van der Waals surface area contributed by atoms with Gasteiger partial charge in [0.25, 0.3) is 0 Å². The maximum atomic E-state index is 2.26. The summed E-state index contributed by atoms with van der Waals surface area (Å²) < 4.78 is 0. The first kappa shape index (κ1) is 15.6. The molecular weight excluding hydrogens is 446 g/mol. The van der Waals surface area contributed by atoms with Crippen LogP contribution in [-0.4, -0.2) is 0 Å². The summed E-state index contributed by atoms with van der Waals surface area (Å²) in [6.07, 6.45) is 5.44.